The van der Waals surface area contributed by atoms with Crippen LogP contribution in [0.4, 0.5) is 0 Å². The molecule has 2 atom stereocenters. The van der Waals surface area contributed by atoms with E-state index in [1.165, 1.54) is 19.4 Å². The average molecular weight is 374 g/mol. The second-order valence-corrected chi connectivity index (χ2v) is 7.47. The average Bonchev–Trinajstić information content (AvgIpc) is 2.84. The Hall–Kier alpha value is -2.14. The second kappa shape index (κ2) is 8.70. The number of allylic oxidation sites excluding steroid dienone is 3. The summed E-state index contributed by atoms with van der Waals surface area (Å²) in [5.41, 5.74) is 0.0140. The number of methoxy groups -OCH3 is 1. The highest BCUT2D eigenvalue weighted by Crippen LogP contribution is 2.47. The Morgan fingerprint density at radius 2 is 2.04 bits per heavy atom. The van der Waals surface area contributed by atoms with Gasteiger partial charge in [0.05, 0.1) is 18.9 Å². The number of fused-ring (bicyclic) bond motifs is 1. The van der Waals surface area contributed by atoms with Crippen LogP contribution in [-0.2, 0) is 19.1 Å². The van der Waals surface area contributed by atoms with Crippen LogP contribution in [0.1, 0.15) is 59.8 Å². The van der Waals surface area contributed by atoms with Crippen molar-refractivity contribution in [2.45, 2.75) is 65.4 Å². The summed E-state index contributed by atoms with van der Waals surface area (Å²) < 4.78 is 10.3. The van der Waals surface area contributed by atoms with Crippen molar-refractivity contribution in [2.24, 2.45) is 5.92 Å². The fourth-order valence-electron chi connectivity index (χ4n) is 3.49. The van der Waals surface area contributed by atoms with Gasteiger partial charge in [-0.25, -0.2) is 4.79 Å². The molecule has 0 spiro atoms. The third-order valence-electron chi connectivity index (χ3n) is 5.24. The van der Waals surface area contributed by atoms with Crippen molar-refractivity contribution in [1.29, 1.82) is 0 Å². The van der Waals surface area contributed by atoms with Gasteiger partial charge < -0.3 is 14.6 Å². The lowest BCUT2D eigenvalue weighted by Gasteiger charge is -2.24. The Morgan fingerprint density at radius 1 is 1.33 bits per heavy atom. The van der Waals surface area contributed by atoms with Crippen molar-refractivity contribution in [1.82, 2.24) is 0 Å². The lowest BCUT2D eigenvalue weighted by molar-refractivity contribution is -0.135. The molecule has 1 N–H and O–H groups in total. The van der Waals surface area contributed by atoms with Crippen LogP contribution in [-0.4, -0.2) is 29.6 Å². The van der Waals surface area contributed by atoms with E-state index < -0.39 is 11.6 Å². The minimum atomic E-state index is -1.49. The minimum absolute atomic E-state index is 0.0929. The van der Waals surface area contributed by atoms with E-state index in [0.29, 0.717) is 16.9 Å². The molecule has 1 heterocycles. The standard InChI is InChI=1S/C22H30O5/c1-6-7-8-9-10-14(2)19(23)12-17-20(21(24)26-5)16-11-15(3)27-13-18(16)22(17,4)25/h11-14,25H,6-10H2,1-5H3/b17-12+/t14-,22+/m0/s1. The summed E-state index contributed by atoms with van der Waals surface area (Å²) in [6.07, 6.45) is 9.74. The molecule has 0 aromatic carbocycles. The first-order chi connectivity index (χ1) is 12.7. The topological polar surface area (TPSA) is 72.8 Å². The number of carbonyl (C=O) groups excluding carboxylic acids is 2. The van der Waals surface area contributed by atoms with Crippen molar-refractivity contribution < 1.29 is 24.2 Å². The van der Waals surface area contributed by atoms with E-state index in [4.69, 9.17) is 9.47 Å². The molecule has 1 aliphatic carbocycles. The maximum absolute atomic E-state index is 12.7. The Labute approximate surface area is 161 Å². The smallest absolute Gasteiger partial charge is 0.338 e. The normalized spacial score (nSPS) is 24.1. The van der Waals surface area contributed by atoms with Gasteiger partial charge in [0, 0.05) is 22.6 Å². The van der Waals surface area contributed by atoms with Crippen LogP contribution in [0.15, 0.2) is 46.5 Å². The van der Waals surface area contributed by atoms with Crippen molar-refractivity contribution in [2.75, 3.05) is 7.11 Å². The number of hydrogen-bond acceptors (Lipinski definition) is 5. The molecule has 0 aromatic rings. The molecule has 5 nitrogen and oxygen atoms in total. The first kappa shape index (κ1) is 21.2. The molecule has 0 unspecified atom stereocenters. The summed E-state index contributed by atoms with van der Waals surface area (Å²) >= 11 is 0. The molecular weight excluding hydrogens is 344 g/mol. The van der Waals surface area contributed by atoms with Gasteiger partial charge in [-0.05, 0) is 32.4 Å². The molecule has 2 aliphatic rings. The third kappa shape index (κ3) is 4.41. The van der Waals surface area contributed by atoms with Gasteiger partial charge in [-0.2, -0.15) is 0 Å². The SMILES string of the molecule is CCCCCC[C@H](C)C(=O)/C=C1\C(C(=O)OC)=C2C=C(C)OC=C2[C@]1(C)O. The zero-order chi connectivity index (χ0) is 20.2. The lowest BCUT2D eigenvalue weighted by atomic mass is 9.88. The highest BCUT2D eigenvalue weighted by atomic mass is 16.5. The lowest BCUT2D eigenvalue weighted by Crippen LogP contribution is -2.28. The summed E-state index contributed by atoms with van der Waals surface area (Å²) in [6, 6.07) is 0. The molecule has 0 bridgehead atoms. The van der Waals surface area contributed by atoms with E-state index in [9.17, 15) is 14.7 Å². The highest BCUT2D eigenvalue weighted by Gasteiger charge is 2.46. The number of carbonyl (C=O) groups is 2. The second-order valence-electron chi connectivity index (χ2n) is 7.47. The molecular formula is C22H30O5. The van der Waals surface area contributed by atoms with E-state index >= 15 is 0 Å². The number of hydrogen-bond donors (Lipinski definition) is 1. The number of ketones is 1. The van der Waals surface area contributed by atoms with Crippen LogP contribution >= 0.6 is 0 Å². The minimum Gasteiger partial charge on any atom is -0.469 e. The fourth-order valence-corrected chi connectivity index (χ4v) is 3.49. The van der Waals surface area contributed by atoms with Crippen LogP contribution in [0.25, 0.3) is 0 Å². The zero-order valence-corrected chi connectivity index (χ0v) is 16.9. The largest absolute Gasteiger partial charge is 0.469 e. The van der Waals surface area contributed by atoms with Gasteiger partial charge in [-0.15, -0.1) is 0 Å². The van der Waals surface area contributed by atoms with Crippen molar-refractivity contribution in [3.05, 3.63) is 46.5 Å². The van der Waals surface area contributed by atoms with Crippen LogP contribution in [0, 0.1) is 5.92 Å². The van der Waals surface area contributed by atoms with E-state index in [1.54, 1.807) is 19.9 Å². The van der Waals surface area contributed by atoms with E-state index in [1.807, 2.05) is 6.92 Å². The van der Waals surface area contributed by atoms with Gasteiger partial charge in [-0.3, -0.25) is 4.79 Å². The van der Waals surface area contributed by atoms with E-state index in [-0.39, 0.29) is 22.8 Å². The summed E-state index contributed by atoms with van der Waals surface area (Å²) in [4.78, 5) is 25.2. The molecule has 0 saturated heterocycles. The number of aliphatic hydroxyl groups is 1. The Bertz CT molecular complexity index is 734. The number of esters is 1. The van der Waals surface area contributed by atoms with Gasteiger partial charge in [0.1, 0.15) is 11.4 Å². The Kier molecular flexibility index (Phi) is 6.82. The van der Waals surface area contributed by atoms with Crippen LogP contribution < -0.4 is 0 Å². The molecule has 5 heteroatoms. The first-order valence-electron chi connectivity index (χ1n) is 9.61. The number of ether oxygens (including phenoxy) is 2. The fraction of sp³-hybridized carbons (Fsp3) is 0.545. The molecule has 1 aliphatic heterocycles. The Balaban J connectivity index is 2.36. The highest BCUT2D eigenvalue weighted by molar-refractivity contribution is 6.03. The molecule has 0 amide bonds. The third-order valence-corrected chi connectivity index (χ3v) is 5.24. The quantitative estimate of drug-likeness (QED) is 0.393. The molecule has 0 aromatic heterocycles. The summed E-state index contributed by atoms with van der Waals surface area (Å²) in [5, 5.41) is 11.1. The predicted molar refractivity (Wildman–Crippen MR) is 104 cm³/mol. The van der Waals surface area contributed by atoms with E-state index in [0.717, 1.165) is 32.1 Å². The van der Waals surface area contributed by atoms with Gasteiger partial charge in [-0.1, -0.05) is 39.5 Å². The monoisotopic (exact) mass is 374 g/mol. The molecule has 0 saturated carbocycles. The maximum Gasteiger partial charge on any atom is 0.338 e. The van der Waals surface area contributed by atoms with Gasteiger partial charge in [0.25, 0.3) is 0 Å². The predicted octanol–water partition coefficient (Wildman–Crippen LogP) is 4.14. The van der Waals surface area contributed by atoms with Gasteiger partial charge in [0.15, 0.2) is 5.78 Å². The van der Waals surface area contributed by atoms with Gasteiger partial charge >= 0.3 is 5.97 Å². The van der Waals surface area contributed by atoms with Crippen molar-refractivity contribution in [3.8, 4) is 0 Å². The molecule has 2 rings (SSSR count). The maximum atomic E-state index is 12.7. The van der Waals surface area contributed by atoms with Crippen molar-refractivity contribution >= 4 is 11.8 Å². The number of unbranched alkanes of at least 4 members (excludes halogenated alkanes) is 3. The summed E-state index contributed by atoms with van der Waals surface area (Å²) in [6.45, 7) is 7.36. The van der Waals surface area contributed by atoms with Crippen LogP contribution in [0.2, 0.25) is 0 Å². The first-order valence-corrected chi connectivity index (χ1v) is 9.61. The Morgan fingerprint density at radius 3 is 2.67 bits per heavy atom. The molecule has 148 valence electrons. The zero-order valence-electron chi connectivity index (χ0n) is 16.9. The van der Waals surface area contributed by atoms with E-state index in [2.05, 4.69) is 6.92 Å². The molecule has 0 fully saturated rings. The van der Waals surface area contributed by atoms with Crippen LogP contribution in [0.5, 0.6) is 0 Å². The molecule has 27 heavy (non-hydrogen) atoms. The van der Waals surface area contributed by atoms with Gasteiger partial charge in [0.2, 0.25) is 0 Å². The number of rotatable bonds is 8. The molecule has 0 radical (unpaired) electrons. The van der Waals surface area contributed by atoms with Crippen LogP contribution in [0.3, 0.4) is 0 Å². The van der Waals surface area contributed by atoms with Crippen molar-refractivity contribution in [3.63, 3.8) is 0 Å². The summed E-state index contributed by atoms with van der Waals surface area (Å²) in [7, 11) is 1.29. The summed E-state index contributed by atoms with van der Waals surface area (Å²) in [5.74, 6) is -0.235.